The molecule has 10 nitrogen and oxygen atoms in total. The maximum Gasteiger partial charge on any atom is 0.243 e. The van der Waals surface area contributed by atoms with Crippen LogP contribution in [-0.4, -0.2) is 59.4 Å². The molecule has 4 rings (SSSR count). The standard InChI is InChI=1S/C29H39N9O/c1-37(2)26(39)16-38(35)15-24(33)28(34)22-10-8-19(31)9-12-25-27(22)20-5-3-4-6-21(20)29(36-25)17-7-11-23(32)18(13-17)14-30/h7,9,11-15,19,22,30,34H,3-6,8,10,16,31-33,35H2,1-2H3/b12-9-,24-15-,30-14?,34-28?. The van der Waals surface area contributed by atoms with Crippen LogP contribution in [0, 0.1) is 10.8 Å². The number of carbonyl (C=O) groups is 1. The zero-order valence-corrected chi connectivity index (χ0v) is 22.7. The maximum absolute atomic E-state index is 12.1. The van der Waals surface area contributed by atoms with Crippen molar-refractivity contribution >= 4 is 29.6 Å². The van der Waals surface area contributed by atoms with Crippen molar-refractivity contribution in [2.75, 3.05) is 26.4 Å². The average Bonchev–Trinajstić information content (AvgIpc) is 2.91. The van der Waals surface area contributed by atoms with Gasteiger partial charge in [-0.3, -0.25) is 4.79 Å². The Morgan fingerprint density at radius 3 is 2.59 bits per heavy atom. The normalized spacial score (nSPS) is 19.6. The lowest BCUT2D eigenvalue weighted by Crippen LogP contribution is -2.38. The SMILES string of the molecule is CN(C)C(=O)CN(N)/C=C(\N)C(=N)C1CCC(N)/C=C\c2nc(-c3ccc(N)c(C=N)c3)c3c(c21)CCCC3. The molecule has 0 radical (unpaired) electrons. The van der Waals surface area contributed by atoms with E-state index in [0.29, 0.717) is 24.1 Å². The minimum atomic E-state index is -0.317. The smallest absolute Gasteiger partial charge is 0.243 e. The Balaban J connectivity index is 1.83. The summed E-state index contributed by atoms with van der Waals surface area (Å²) >= 11 is 0. The first kappa shape index (κ1) is 28.0. The quantitative estimate of drug-likeness (QED) is 0.137. The van der Waals surface area contributed by atoms with Gasteiger partial charge in [-0.2, -0.15) is 0 Å². The van der Waals surface area contributed by atoms with Crippen molar-refractivity contribution in [2.45, 2.75) is 50.5 Å². The highest BCUT2D eigenvalue weighted by molar-refractivity contribution is 6.02. The summed E-state index contributed by atoms with van der Waals surface area (Å²) in [5.41, 5.74) is 26.5. The van der Waals surface area contributed by atoms with Crippen LogP contribution in [0.15, 0.2) is 36.2 Å². The van der Waals surface area contributed by atoms with E-state index in [2.05, 4.69) is 0 Å². The molecule has 0 saturated carbocycles. The molecule has 2 aromatic rings. The molecule has 1 aromatic carbocycles. The topological polar surface area (TPSA) is 188 Å². The number of hydrazine groups is 1. The number of nitrogens with zero attached hydrogens (tertiary/aromatic N) is 3. The minimum Gasteiger partial charge on any atom is -0.398 e. The molecule has 10 heteroatoms. The third kappa shape index (κ3) is 6.02. The van der Waals surface area contributed by atoms with Gasteiger partial charge in [0.25, 0.3) is 0 Å². The lowest BCUT2D eigenvalue weighted by molar-refractivity contribution is -0.129. The van der Waals surface area contributed by atoms with Gasteiger partial charge >= 0.3 is 0 Å². The number of anilines is 1. The number of hydrogen-bond donors (Lipinski definition) is 6. The van der Waals surface area contributed by atoms with Crippen molar-refractivity contribution in [3.8, 4) is 11.3 Å². The Bertz CT molecular complexity index is 1340. The Kier molecular flexibility index (Phi) is 8.47. The highest BCUT2D eigenvalue weighted by Gasteiger charge is 2.31. The van der Waals surface area contributed by atoms with Gasteiger partial charge in [0.1, 0.15) is 6.54 Å². The van der Waals surface area contributed by atoms with Crippen LogP contribution in [0.1, 0.15) is 59.5 Å². The van der Waals surface area contributed by atoms with E-state index < -0.39 is 0 Å². The Hall–Kier alpha value is -4.02. The molecular formula is C29H39N9O. The molecular weight excluding hydrogens is 490 g/mol. The number of allylic oxidation sites excluding steroid dienone is 1. The van der Waals surface area contributed by atoms with E-state index in [1.54, 1.807) is 14.1 Å². The van der Waals surface area contributed by atoms with Crippen LogP contribution < -0.4 is 23.0 Å². The van der Waals surface area contributed by atoms with Gasteiger partial charge in [-0.05, 0) is 73.4 Å². The summed E-state index contributed by atoms with van der Waals surface area (Å²) in [5.74, 6) is 5.56. The van der Waals surface area contributed by atoms with Crippen molar-refractivity contribution in [2.24, 2.45) is 17.3 Å². The lowest BCUT2D eigenvalue weighted by atomic mass is 9.76. The van der Waals surface area contributed by atoms with E-state index >= 15 is 0 Å². The second-order valence-corrected chi connectivity index (χ2v) is 10.5. The number of hydrogen-bond acceptors (Lipinski definition) is 9. The summed E-state index contributed by atoms with van der Waals surface area (Å²) in [4.78, 5) is 18.7. The largest absolute Gasteiger partial charge is 0.398 e. The van der Waals surface area contributed by atoms with Crippen molar-refractivity contribution in [3.63, 3.8) is 0 Å². The Morgan fingerprint density at radius 2 is 1.90 bits per heavy atom. The molecule has 1 heterocycles. The number of nitrogens with two attached hydrogens (primary N) is 4. The Morgan fingerprint density at radius 1 is 1.18 bits per heavy atom. The van der Waals surface area contributed by atoms with Gasteiger partial charge in [0, 0.05) is 55.3 Å². The third-order valence-electron chi connectivity index (χ3n) is 7.52. The number of nitrogen functional groups attached to an aromatic ring is 1. The molecule has 2 unspecified atom stereocenters. The van der Waals surface area contributed by atoms with Crippen LogP contribution >= 0.6 is 0 Å². The molecule has 10 N–H and O–H groups in total. The summed E-state index contributed by atoms with van der Waals surface area (Å²) in [6.45, 7) is -0.0461. The summed E-state index contributed by atoms with van der Waals surface area (Å²) < 4.78 is 0. The highest BCUT2D eigenvalue weighted by atomic mass is 16.2. The van der Waals surface area contributed by atoms with Crippen molar-refractivity contribution in [1.29, 1.82) is 10.8 Å². The summed E-state index contributed by atoms with van der Waals surface area (Å²) in [5, 5.41) is 18.1. The molecule has 1 aromatic heterocycles. The number of aromatic nitrogens is 1. The van der Waals surface area contributed by atoms with Gasteiger partial charge in [0.15, 0.2) is 0 Å². The van der Waals surface area contributed by atoms with Crippen molar-refractivity contribution in [3.05, 3.63) is 64.1 Å². The van der Waals surface area contributed by atoms with E-state index in [1.807, 2.05) is 30.4 Å². The van der Waals surface area contributed by atoms with E-state index in [-0.39, 0.29) is 35.8 Å². The molecule has 2 aliphatic carbocycles. The molecule has 0 fully saturated rings. The Labute approximate surface area is 229 Å². The molecule has 39 heavy (non-hydrogen) atoms. The number of likely N-dealkylation sites (N-methyl/N-ethyl adjacent to an activating group) is 1. The predicted octanol–water partition coefficient (Wildman–Crippen LogP) is 2.51. The first-order valence-corrected chi connectivity index (χ1v) is 13.3. The van der Waals surface area contributed by atoms with Gasteiger partial charge in [-0.25, -0.2) is 10.8 Å². The van der Waals surface area contributed by atoms with Crippen LogP contribution in [-0.2, 0) is 17.6 Å². The summed E-state index contributed by atoms with van der Waals surface area (Å²) in [6.07, 6.45) is 11.9. The van der Waals surface area contributed by atoms with E-state index in [0.717, 1.165) is 48.2 Å². The molecule has 206 valence electrons. The number of fused-ring (bicyclic) bond motifs is 3. The van der Waals surface area contributed by atoms with Gasteiger partial charge < -0.3 is 37.9 Å². The molecule has 0 bridgehead atoms. The number of rotatable bonds is 7. The fraction of sp³-hybridized carbons (Fsp3) is 0.379. The maximum atomic E-state index is 12.1. The van der Waals surface area contributed by atoms with Crippen molar-refractivity contribution in [1.82, 2.24) is 14.9 Å². The van der Waals surface area contributed by atoms with Crippen LogP contribution in [0.5, 0.6) is 0 Å². The molecule has 2 atom stereocenters. The average molecular weight is 530 g/mol. The number of pyridine rings is 1. The first-order valence-electron chi connectivity index (χ1n) is 13.3. The number of nitrogens with one attached hydrogen (secondary N) is 2. The fourth-order valence-corrected chi connectivity index (χ4v) is 5.36. The molecule has 2 aliphatic rings. The molecule has 0 aliphatic heterocycles. The van der Waals surface area contributed by atoms with Crippen LogP contribution in [0.4, 0.5) is 5.69 Å². The van der Waals surface area contributed by atoms with Crippen LogP contribution in [0.3, 0.4) is 0 Å². The van der Waals surface area contributed by atoms with Crippen LogP contribution in [0.2, 0.25) is 0 Å². The summed E-state index contributed by atoms with van der Waals surface area (Å²) in [7, 11) is 3.32. The minimum absolute atomic E-state index is 0.0461. The fourth-order valence-electron chi connectivity index (χ4n) is 5.36. The zero-order valence-electron chi connectivity index (χ0n) is 22.7. The number of carbonyl (C=O) groups excluding carboxylic acids is 1. The first-order chi connectivity index (χ1) is 18.6. The van der Waals surface area contributed by atoms with Crippen LogP contribution in [0.25, 0.3) is 17.3 Å². The van der Waals surface area contributed by atoms with E-state index in [4.69, 9.17) is 38.8 Å². The molecule has 1 amide bonds. The van der Waals surface area contributed by atoms with Gasteiger partial charge in [0.2, 0.25) is 5.91 Å². The highest BCUT2D eigenvalue weighted by Crippen LogP contribution is 2.41. The number of benzene rings is 1. The monoisotopic (exact) mass is 529 g/mol. The van der Waals surface area contributed by atoms with Crippen molar-refractivity contribution < 1.29 is 4.79 Å². The molecule has 0 saturated heterocycles. The number of amides is 1. The van der Waals surface area contributed by atoms with Gasteiger partial charge in [-0.15, -0.1) is 0 Å². The summed E-state index contributed by atoms with van der Waals surface area (Å²) in [6, 6.07) is 5.51. The van der Waals surface area contributed by atoms with Gasteiger partial charge in [-0.1, -0.05) is 12.1 Å². The second-order valence-electron chi connectivity index (χ2n) is 10.5. The third-order valence-corrected chi connectivity index (χ3v) is 7.52. The van der Waals surface area contributed by atoms with E-state index in [1.165, 1.54) is 33.5 Å². The predicted molar refractivity (Wildman–Crippen MR) is 157 cm³/mol. The van der Waals surface area contributed by atoms with Gasteiger partial charge in [0.05, 0.1) is 22.8 Å². The lowest BCUT2D eigenvalue weighted by Gasteiger charge is -2.31. The molecule has 0 spiro atoms. The second kappa shape index (κ2) is 11.8. The zero-order chi connectivity index (χ0) is 28.3. The van der Waals surface area contributed by atoms with E-state index in [9.17, 15) is 4.79 Å².